The second kappa shape index (κ2) is 12.2. The number of sulfonamides is 1. The SMILES string of the molecule is N=Cc1cc(F)c(N(Cc2ccc(C3CCCCC3)cc2)C(=O)[C@H]2CCN2S(=O)(=O)c2c(F)c(F)c(F)c(F)c2F)cc1N. The van der Waals surface area contributed by atoms with Crippen molar-refractivity contribution in [2.45, 2.75) is 61.9 Å². The van der Waals surface area contributed by atoms with E-state index in [1.165, 1.54) is 6.42 Å². The molecule has 0 unspecified atom stereocenters. The van der Waals surface area contributed by atoms with Gasteiger partial charge in [0, 0.05) is 24.0 Å². The van der Waals surface area contributed by atoms with Gasteiger partial charge in [-0.2, -0.15) is 4.31 Å². The van der Waals surface area contributed by atoms with E-state index in [1.807, 2.05) is 12.1 Å². The fraction of sp³-hybridized carbons (Fsp3) is 0.333. The second-order valence-corrected chi connectivity index (χ2v) is 12.7. The first-order valence-electron chi connectivity index (χ1n) is 13.9. The maximum absolute atomic E-state index is 15.3. The molecule has 7 nitrogen and oxygen atoms in total. The van der Waals surface area contributed by atoms with E-state index in [1.54, 1.807) is 12.1 Å². The van der Waals surface area contributed by atoms with Crippen LogP contribution < -0.4 is 10.6 Å². The van der Waals surface area contributed by atoms with E-state index < -0.39 is 68.3 Å². The van der Waals surface area contributed by atoms with Gasteiger partial charge in [-0.05, 0) is 48.4 Å². The Morgan fingerprint density at radius 1 is 0.909 bits per heavy atom. The van der Waals surface area contributed by atoms with Gasteiger partial charge in [0.25, 0.3) is 0 Å². The van der Waals surface area contributed by atoms with Gasteiger partial charge >= 0.3 is 0 Å². The average Bonchev–Trinajstić information content (AvgIpc) is 2.98. The van der Waals surface area contributed by atoms with Crippen LogP contribution in [0.4, 0.5) is 37.7 Å². The van der Waals surface area contributed by atoms with Crippen LogP contribution in [0.25, 0.3) is 0 Å². The summed E-state index contributed by atoms with van der Waals surface area (Å²) >= 11 is 0. The molecule has 1 amide bonds. The number of benzene rings is 3. The number of nitrogens with zero attached hydrogens (tertiary/aromatic N) is 2. The third-order valence-electron chi connectivity index (χ3n) is 8.25. The normalized spacial score (nSPS) is 17.7. The van der Waals surface area contributed by atoms with Crippen LogP contribution in [-0.4, -0.2) is 37.4 Å². The molecule has 1 atom stereocenters. The predicted molar refractivity (Wildman–Crippen MR) is 151 cm³/mol. The zero-order chi connectivity index (χ0) is 31.9. The highest BCUT2D eigenvalue weighted by Gasteiger charge is 2.48. The van der Waals surface area contributed by atoms with Gasteiger partial charge in [-0.15, -0.1) is 0 Å². The topological polar surface area (TPSA) is 108 Å². The quantitative estimate of drug-likeness (QED) is 0.102. The molecule has 3 N–H and O–H groups in total. The molecule has 1 heterocycles. The molecule has 1 saturated heterocycles. The Labute approximate surface area is 249 Å². The summed E-state index contributed by atoms with van der Waals surface area (Å²) in [5.41, 5.74) is 7.22. The molecular formula is C30H28F6N4O3S. The van der Waals surface area contributed by atoms with Crippen molar-refractivity contribution in [3.63, 3.8) is 0 Å². The lowest BCUT2D eigenvalue weighted by atomic mass is 9.84. The summed E-state index contributed by atoms with van der Waals surface area (Å²) in [5.74, 6) is -14.1. The van der Waals surface area contributed by atoms with Crippen molar-refractivity contribution in [1.82, 2.24) is 4.31 Å². The Bertz CT molecular complexity index is 1700. The van der Waals surface area contributed by atoms with Crippen molar-refractivity contribution in [2.75, 3.05) is 17.2 Å². The van der Waals surface area contributed by atoms with Gasteiger partial charge in [-0.1, -0.05) is 43.5 Å². The molecule has 3 aromatic carbocycles. The van der Waals surface area contributed by atoms with Crippen LogP contribution in [0.3, 0.4) is 0 Å². The molecule has 2 fully saturated rings. The highest BCUT2D eigenvalue weighted by molar-refractivity contribution is 7.89. The first-order chi connectivity index (χ1) is 20.9. The van der Waals surface area contributed by atoms with Gasteiger partial charge in [-0.25, -0.2) is 34.8 Å². The van der Waals surface area contributed by atoms with Crippen molar-refractivity contribution in [1.29, 1.82) is 5.41 Å². The lowest BCUT2D eigenvalue weighted by Crippen LogP contribution is -2.59. The van der Waals surface area contributed by atoms with Crippen molar-refractivity contribution >= 4 is 33.5 Å². The molecule has 0 aromatic heterocycles. The molecule has 44 heavy (non-hydrogen) atoms. The van der Waals surface area contributed by atoms with Crippen LogP contribution in [0.2, 0.25) is 0 Å². The monoisotopic (exact) mass is 638 g/mol. The van der Waals surface area contributed by atoms with Gasteiger partial charge in [0.15, 0.2) is 28.2 Å². The largest absolute Gasteiger partial charge is 0.398 e. The van der Waals surface area contributed by atoms with Crippen LogP contribution in [0, 0.1) is 40.3 Å². The Hall–Kier alpha value is -3.91. The summed E-state index contributed by atoms with van der Waals surface area (Å²) in [4.78, 5) is 12.7. The maximum Gasteiger partial charge on any atom is 0.249 e. The number of hydrogen-bond acceptors (Lipinski definition) is 5. The van der Waals surface area contributed by atoms with E-state index in [-0.39, 0.29) is 29.9 Å². The molecule has 2 aliphatic rings. The fourth-order valence-corrected chi connectivity index (χ4v) is 7.47. The minimum Gasteiger partial charge on any atom is -0.398 e. The number of hydrogen-bond donors (Lipinski definition) is 2. The van der Waals surface area contributed by atoms with E-state index in [9.17, 15) is 35.2 Å². The van der Waals surface area contributed by atoms with E-state index in [0.29, 0.717) is 15.8 Å². The first-order valence-corrected chi connectivity index (χ1v) is 15.3. The lowest BCUT2D eigenvalue weighted by Gasteiger charge is -2.41. The number of carbonyl (C=O) groups excluding carboxylic acids is 1. The standard InChI is InChI=1S/C30H28F6N4O3S/c31-20-12-19(14-37)21(38)13-23(20)39(15-16-6-8-18(9-7-16)17-4-2-1-3-5-17)30(41)22-10-11-40(22)44(42,43)29-27(35)25(33)24(32)26(34)28(29)36/h6-9,12-14,17,22,37H,1-5,10-11,15,38H2/t22-/m1/s1. The van der Waals surface area contributed by atoms with Crippen LogP contribution >= 0.6 is 0 Å². The number of nitrogens with one attached hydrogen (secondary N) is 1. The molecule has 14 heteroatoms. The number of halogens is 6. The third kappa shape index (κ3) is 5.56. The summed E-state index contributed by atoms with van der Waals surface area (Å²) in [6.07, 6.45) is 6.13. The van der Waals surface area contributed by atoms with Gasteiger partial charge in [0.2, 0.25) is 21.7 Å². The number of nitrogens with two attached hydrogens (primary N) is 1. The zero-order valence-electron chi connectivity index (χ0n) is 23.2. The number of amides is 1. The number of rotatable bonds is 8. The molecule has 1 aliphatic carbocycles. The van der Waals surface area contributed by atoms with E-state index >= 15 is 4.39 Å². The van der Waals surface area contributed by atoms with Crippen LogP contribution in [0.5, 0.6) is 0 Å². The van der Waals surface area contributed by atoms with Crippen LogP contribution in [0.1, 0.15) is 61.1 Å². The number of anilines is 2. The Balaban J connectivity index is 1.51. The smallest absolute Gasteiger partial charge is 0.249 e. The summed E-state index contributed by atoms with van der Waals surface area (Å²) < 4.78 is 112. The minimum absolute atomic E-state index is 0.0228. The molecule has 0 bridgehead atoms. The zero-order valence-corrected chi connectivity index (χ0v) is 24.0. The van der Waals surface area contributed by atoms with Crippen LogP contribution in [0.15, 0.2) is 41.3 Å². The van der Waals surface area contributed by atoms with Gasteiger partial charge in [-0.3, -0.25) is 4.79 Å². The number of carbonyl (C=O) groups is 1. The molecular weight excluding hydrogens is 610 g/mol. The molecule has 0 radical (unpaired) electrons. The average molecular weight is 639 g/mol. The fourth-order valence-electron chi connectivity index (χ4n) is 5.73. The lowest BCUT2D eigenvalue weighted by molar-refractivity contribution is -0.125. The predicted octanol–water partition coefficient (Wildman–Crippen LogP) is 6.15. The summed E-state index contributed by atoms with van der Waals surface area (Å²) in [6, 6.07) is 7.68. The van der Waals surface area contributed by atoms with Crippen molar-refractivity contribution in [2.24, 2.45) is 0 Å². The summed E-state index contributed by atoms with van der Waals surface area (Å²) in [5, 5.41) is 7.43. The first kappa shape index (κ1) is 31.5. The number of nitrogen functional groups attached to an aromatic ring is 1. The molecule has 0 spiro atoms. The molecule has 234 valence electrons. The molecule has 1 aliphatic heterocycles. The Morgan fingerprint density at radius 2 is 1.50 bits per heavy atom. The highest BCUT2D eigenvalue weighted by Crippen LogP contribution is 2.37. The van der Waals surface area contributed by atoms with Gasteiger partial charge in [0.05, 0.1) is 12.2 Å². The Kier molecular flexibility index (Phi) is 8.76. The summed E-state index contributed by atoms with van der Waals surface area (Å²) in [7, 11) is -5.41. The maximum atomic E-state index is 15.3. The second-order valence-electron chi connectivity index (χ2n) is 10.9. The highest BCUT2D eigenvalue weighted by atomic mass is 32.2. The third-order valence-corrected chi connectivity index (χ3v) is 10.2. The minimum atomic E-state index is -5.41. The molecule has 5 rings (SSSR count). The summed E-state index contributed by atoms with van der Waals surface area (Å²) in [6.45, 7) is -0.740. The molecule has 1 saturated carbocycles. The van der Waals surface area contributed by atoms with Crippen molar-refractivity contribution < 1.29 is 39.6 Å². The van der Waals surface area contributed by atoms with E-state index in [2.05, 4.69) is 0 Å². The van der Waals surface area contributed by atoms with E-state index in [4.69, 9.17) is 11.1 Å². The van der Waals surface area contributed by atoms with Crippen molar-refractivity contribution in [3.05, 3.63) is 88.0 Å². The van der Waals surface area contributed by atoms with Gasteiger partial charge in [0.1, 0.15) is 11.9 Å². The Morgan fingerprint density at radius 3 is 2.05 bits per heavy atom. The van der Waals surface area contributed by atoms with Gasteiger partial charge < -0.3 is 16.0 Å². The van der Waals surface area contributed by atoms with Crippen molar-refractivity contribution in [3.8, 4) is 0 Å². The van der Waals surface area contributed by atoms with Crippen LogP contribution in [-0.2, 0) is 21.4 Å². The van der Waals surface area contributed by atoms with E-state index in [0.717, 1.165) is 54.5 Å². The molecule has 3 aromatic rings.